The minimum atomic E-state index is 0.0155. The third kappa shape index (κ3) is 9.95. The van der Waals surface area contributed by atoms with Crippen LogP contribution in [0.4, 0.5) is 0 Å². The van der Waals surface area contributed by atoms with E-state index < -0.39 is 0 Å². The lowest BCUT2D eigenvalue weighted by molar-refractivity contribution is -0.140. The molecule has 0 heterocycles. The molecule has 0 fully saturated rings. The molecule has 15 heavy (non-hydrogen) atoms. The highest BCUT2D eigenvalue weighted by Gasteiger charge is 2.06. The summed E-state index contributed by atoms with van der Waals surface area (Å²) in [5.74, 6) is 0. The van der Waals surface area contributed by atoms with Crippen LogP contribution in [0, 0.1) is 0 Å². The highest BCUT2D eigenvalue weighted by Crippen LogP contribution is 2.09. The Labute approximate surface area is 94.7 Å². The van der Waals surface area contributed by atoms with E-state index in [4.69, 9.17) is 9.47 Å². The normalized spacial score (nSPS) is 11.7. The summed E-state index contributed by atoms with van der Waals surface area (Å²) in [6, 6.07) is 0. The number of hydrogen-bond acceptors (Lipinski definition) is 2. The highest BCUT2D eigenvalue weighted by atomic mass is 16.7. The van der Waals surface area contributed by atoms with Gasteiger partial charge in [0.2, 0.25) is 0 Å². The maximum absolute atomic E-state index is 5.47. The van der Waals surface area contributed by atoms with Gasteiger partial charge in [0.05, 0.1) is 0 Å². The van der Waals surface area contributed by atoms with Crippen LogP contribution >= 0.6 is 0 Å². The van der Waals surface area contributed by atoms with Crippen LogP contribution in [-0.4, -0.2) is 19.5 Å². The van der Waals surface area contributed by atoms with Gasteiger partial charge in [-0.25, -0.2) is 0 Å². The largest absolute Gasteiger partial charge is 0.353 e. The van der Waals surface area contributed by atoms with Crippen LogP contribution in [0.15, 0.2) is 12.2 Å². The van der Waals surface area contributed by atoms with Crippen molar-refractivity contribution in [2.45, 2.75) is 59.2 Å². The quantitative estimate of drug-likeness (QED) is 0.312. The summed E-state index contributed by atoms with van der Waals surface area (Å²) in [4.78, 5) is 0. The van der Waals surface area contributed by atoms with Gasteiger partial charge < -0.3 is 9.47 Å². The smallest absolute Gasteiger partial charge is 0.157 e. The van der Waals surface area contributed by atoms with Crippen molar-refractivity contribution in [3.05, 3.63) is 12.2 Å². The molecule has 0 aliphatic carbocycles. The first kappa shape index (κ1) is 14.7. The first-order chi connectivity index (χ1) is 7.35. The van der Waals surface area contributed by atoms with Crippen molar-refractivity contribution in [2.24, 2.45) is 0 Å². The molecule has 0 saturated heterocycles. The Morgan fingerprint density at radius 2 is 1.67 bits per heavy atom. The molecule has 0 amide bonds. The van der Waals surface area contributed by atoms with Crippen molar-refractivity contribution in [3.63, 3.8) is 0 Å². The van der Waals surface area contributed by atoms with E-state index in [0.29, 0.717) is 0 Å². The molecule has 0 saturated carbocycles. The van der Waals surface area contributed by atoms with E-state index in [2.05, 4.69) is 19.1 Å². The van der Waals surface area contributed by atoms with E-state index in [-0.39, 0.29) is 6.29 Å². The van der Waals surface area contributed by atoms with Crippen LogP contribution in [0.25, 0.3) is 0 Å². The van der Waals surface area contributed by atoms with Crippen molar-refractivity contribution in [2.75, 3.05) is 13.2 Å². The van der Waals surface area contributed by atoms with Crippen molar-refractivity contribution < 1.29 is 9.47 Å². The Morgan fingerprint density at radius 1 is 1.00 bits per heavy atom. The lowest BCUT2D eigenvalue weighted by Gasteiger charge is -2.16. The Hall–Kier alpha value is -0.340. The molecule has 0 aliphatic heterocycles. The minimum absolute atomic E-state index is 0.0155. The summed E-state index contributed by atoms with van der Waals surface area (Å²) in [7, 11) is 0. The second-order valence-corrected chi connectivity index (χ2v) is 3.55. The van der Waals surface area contributed by atoms with Gasteiger partial charge in [-0.1, -0.05) is 18.6 Å². The maximum atomic E-state index is 5.47. The van der Waals surface area contributed by atoms with E-state index in [1.807, 2.05) is 13.8 Å². The molecule has 90 valence electrons. The number of unbranched alkanes of at least 4 members (excludes halogenated alkanes) is 3. The molecule has 0 aliphatic rings. The molecule has 0 atom stereocenters. The Bertz CT molecular complexity index is 137. The molecule has 0 rings (SSSR count). The number of allylic oxidation sites excluding steroid dienone is 2. The van der Waals surface area contributed by atoms with E-state index in [9.17, 15) is 0 Å². The van der Waals surface area contributed by atoms with Gasteiger partial charge in [0, 0.05) is 13.2 Å². The molecule has 0 unspecified atom stereocenters. The molecule has 0 aromatic rings. The molecular formula is C13H26O2. The van der Waals surface area contributed by atoms with E-state index >= 15 is 0 Å². The molecule has 0 aromatic heterocycles. The average Bonchev–Trinajstić information content (AvgIpc) is 2.24. The molecule has 2 nitrogen and oxygen atoms in total. The van der Waals surface area contributed by atoms with Gasteiger partial charge in [0.15, 0.2) is 6.29 Å². The zero-order valence-electron chi connectivity index (χ0n) is 10.5. The standard InChI is InChI=1S/C13H26O2/c1-4-7-8-9-10-11-12-13(14-5-2)15-6-3/h4,7,13H,5-6,8-12H2,1-3H3/b7-4+. The summed E-state index contributed by atoms with van der Waals surface area (Å²) < 4.78 is 10.9. The third-order valence-corrected chi connectivity index (χ3v) is 2.25. The van der Waals surface area contributed by atoms with Crippen LogP contribution < -0.4 is 0 Å². The van der Waals surface area contributed by atoms with Crippen LogP contribution in [0.5, 0.6) is 0 Å². The highest BCUT2D eigenvalue weighted by molar-refractivity contribution is 4.76. The molecule has 0 aromatic carbocycles. The monoisotopic (exact) mass is 214 g/mol. The van der Waals surface area contributed by atoms with E-state index in [1.54, 1.807) is 0 Å². The van der Waals surface area contributed by atoms with Crippen molar-refractivity contribution >= 4 is 0 Å². The molecule has 0 radical (unpaired) electrons. The van der Waals surface area contributed by atoms with Crippen LogP contribution in [0.2, 0.25) is 0 Å². The number of hydrogen-bond donors (Lipinski definition) is 0. The van der Waals surface area contributed by atoms with Gasteiger partial charge in [0.25, 0.3) is 0 Å². The Morgan fingerprint density at radius 3 is 2.20 bits per heavy atom. The molecule has 0 bridgehead atoms. The predicted octanol–water partition coefficient (Wildman–Crippen LogP) is 3.91. The summed E-state index contributed by atoms with van der Waals surface area (Å²) in [6.07, 6.45) is 10.3. The molecular weight excluding hydrogens is 188 g/mol. The molecule has 0 N–H and O–H groups in total. The fourth-order valence-corrected chi connectivity index (χ4v) is 1.50. The van der Waals surface area contributed by atoms with Gasteiger partial charge in [-0.05, 0) is 46.5 Å². The van der Waals surface area contributed by atoms with Crippen LogP contribution in [0.1, 0.15) is 52.9 Å². The molecule has 2 heteroatoms. The van der Waals surface area contributed by atoms with E-state index in [1.165, 1.54) is 25.7 Å². The lowest BCUT2D eigenvalue weighted by atomic mass is 10.1. The minimum Gasteiger partial charge on any atom is -0.353 e. The van der Waals surface area contributed by atoms with E-state index in [0.717, 1.165) is 19.6 Å². The second kappa shape index (κ2) is 11.7. The van der Waals surface area contributed by atoms with Crippen LogP contribution in [-0.2, 0) is 9.47 Å². The number of ether oxygens (including phenoxy) is 2. The zero-order chi connectivity index (χ0) is 11.4. The van der Waals surface area contributed by atoms with Gasteiger partial charge in [-0.2, -0.15) is 0 Å². The Kier molecular flexibility index (Phi) is 11.5. The fraction of sp³-hybridized carbons (Fsp3) is 0.846. The fourth-order valence-electron chi connectivity index (χ4n) is 1.50. The number of rotatable bonds is 10. The van der Waals surface area contributed by atoms with Gasteiger partial charge >= 0.3 is 0 Å². The summed E-state index contributed by atoms with van der Waals surface area (Å²) in [5.41, 5.74) is 0. The summed E-state index contributed by atoms with van der Waals surface area (Å²) in [5, 5.41) is 0. The second-order valence-electron chi connectivity index (χ2n) is 3.55. The predicted molar refractivity (Wildman–Crippen MR) is 64.9 cm³/mol. The van der Waals surface area contributed by atoms with Crippen molar-refractivity contribution in [3.8, 4) is 0 Å². The van der Waals surface area contributed by atoms with Gasteiger partial charge in [0.1, 0.15) is 0 Å². The van der Waals surface area contributed by atoms with Crippen molar-refractivity contribution in [1.29, 1.82) is 0 Å². The van der Waals surface area contributed by atoms with Gasteiger partial charge in [-0.15, -0.1) is 0 Å². The molecule has 0 spiro atoms. The summed E-state index contributed by atoms with van der Waals surface area (Å²) >= 11 is 0. The topological polar surface area (TPSA) is 18.5 Å². The zero-order valence-corrected chi connectivity index (χ0v) is 10.5. The lowest BCUT2D eigenvalue weighted by Crippen LogP contribution is -2.17. The van der Waals surface area contributed by atoms with Crippen molar-refractivity contribution in [1.82, 2.24) is 0 Å². The average molecular weight is 214 g/mol. The Balaban J connectivity index is 3.35. The first-order valence-electron chi connectivity index (χ1n) is 6.19. The summed E-state index contributed by atoms with van der Waals surface area (Å²) in [6.45, 7) is 7.57. The first-order valence-corrected chi connectivity index (χ1v) is 6.19. The maximum Gasteiger partial charge on any atom is 0.157 e. The third-order valence-electron chi connectivity index (χ3n) is 2.25. The van der Waals surface area contributed by atoms with Crippen LogP contribution in [0.3, 0.4) is 0 Å². The van der Waals surface area contributed by atoms with Gasteiger partial charge in [-0.3, -0.25) is 0 Å². The SMILES string of the molecule is C/C=C/CCCCCC(OCC)OCC.